The summed E-state index contributed by atoms with van der Waals surface area (Å²) >= 11 is 5.86. The van der Waals surface area contributed by atoms with E-state index in [2.05, 4.69) is 37.4 Å². The van der Waals surface area contributed by atoms with Gasteiger partial charge < -0.3 is 10.1 Å². The van der Waals surface area contributed by atoms with E-state index in [-0.39, 0.29) is 6.10 Å². The Morgan fingerprint density at radius 3 is 3.00 bits per heavy atom. The van der Waals surface area contributed by atoms with Gasteiger partial charge in [-0.3, -0.25) is 0 Å². The highest BCUT2D eigenvalue weighted by molar-refractivity contribution is 6.17. The molecule has 0 bridgehead atoms. The van der Waals surface area contributed by atoms with E-state index < -0.39 is 0 Å². The lowest BCUT2D eigenvalue weighted by Gasteiger charge is -2.17. The summed E-state index contributed by atoms with van der Waals surface area (Å²) in [5.41, 5.74) is 2.66. The van der Waals surface area contributed by atoms with E-state index in [4.69, 9.17) is 16.3 Å². The number of nitrogens with one attached hydrogen (secondary N) is 1. The van der Waals surface area contributed by atoms with Crippen LogP contribution in [0.1, 0.15) is 37.3 Å². The van der Waals surface area contributed by atoms with E-state index >= 15 is 0 Å². The second-order valence-electron chi connectivity index (χ2n) is 5.85. The number of hydrogen-bond acceptors (Lipinski definition) is 2. The predicted molar refractivity (Wildman–Crippen MR) is 85.9 cm³/mol. The van der Waals surface area contributed by atoms with Gasteiger partial charge in [-0.25, -0.2) is 0 Å². The Labute approximate surface area is 127 Å². The molecule has 1 aromatic carbocycles. The lowest BCUT2D eigenvalue weighted by molar-refractivity contribution is 0.223. The maximum atomic E-state index is 5.98. The molecule has 0 saturated heterocycles. The van der Waals surface area contributed by atoms with Crippen molar-refractivity contribution in [2.24, 2.45) is 5.92 Å². The summed E-state index contributed by atoms with van der Waals surface area (Å²) in [6.45, 7) is 6.35. The molecule has 0 fully saturated rings. The lowest BCUT2D eigenvalue weighted by Crippen LogP contribution is -2.33. The molecule has 2 atom stereocenters. The Hall–Kier alpha value is -0.730. The molecule has 0 amide bonds. The van der Waals surface area contributed by atoms with Gasteiger partial charge in [-0.15, -0.1) is 11.6 Å². The van der Waals surface area contributed by atoms with E-state index in [1.807, 2.05) is 0 Å². The SMILES string of the molecule is CCCC(CCCl)CNCC1Cc2cc(C)ccc2O1. The summed E-state index contributed by atoms with van der Waals surface area (Å²) < 4.78 is 5.98. The standard InChI is InChI=1S/C17H26ClNO/c1-3-4-14(7-8-18)11-19-12-16-10-15-9-13(2)5-6-17(15)20-16/h5-6,9,14,16,19H,3-4,7-8,10-12H2,1-2H3. The van der Waals surface area contributed by atoms with Crippen LogP contribution < -0.4 is 10.1 Å². The Morgan fingerprint density at radius 2 is 2.25 bits per heavy atom. The molecule has 1 aliphatic heterocycles. The van der Waals surface area contributed by atoms with Crippen LogP contribution in [-0.4, -0.2) is 25.1 Å². The van der Waals surface area contributed by atoms with Crippen LogP contribution in [0, 0.1) is 12.8 Å². The average Bonchev–Trinajstić information content (AvgIpc) is 2.81. The van der Waals surface area contributed by atoms with E-state index in [1.54, 1.807) is 0 Å². The molecule has 3 heteroatoms. The third-order valence-corrected chi connectivity index (χ3v) is 4.19. The van der Waals surface area contributed by atoms with Crippen LogP contribution in [0.15, 0.2) is 18.2 Å². The Balaban J connectivity index is 1.74. The van der Waals surface area contributed by atoms with E-state index in [0.29, 0.717) is 5.92 Å². The van der Waals surface area contributed by atoms with Crippen LogP contribution >= 0.6 is 11.6 Å². The maximum absolute atomic E-state index is 5.98. The molecule has 0 aliphatic carbocycles. The first-order valence-electron chi connectivity index (χ1n) is 7.75. The summed E-state index contributed by atoms with van der Waals surface area (Å²) in [7, 11) is 0. The molecule has 1 aromatic rings. The van der Waals surface area contributed by atoms with E-state index in [9.17, 15) is 0 Å². The van der Waals surface area contributed by atoms with Gasteiger partial charge in [-0.1, -0.05) is 31.0 Å². The molecule has 0 saturated carbocycles. The average molecular weight is 296 g/mol. The van der Waals surface area contributed by atoms with Gasteiger partial charge in [0, 0.05) is 18.8 Å². The molecule has 1 aliphatic rings. The fourth-order valence-corrected chi connectivity index (χ4v) is 3.23. The molecular formula is C17H26ClNO. The van der Waals surface area contributed by atoms with Crippen molar-refractivity contribution in [1.29, 1.82) is 0 Å². The van der Waals surface area contributed by atoms with Crippen LogP contribution in [0.4, 0.5) is 0 Å². The molecule has 0 spiro atoms. The van der Waals surface area contributed by atoms with Gasteiger partial charge in [0.15, 0.2) is 0 Å². The first-order chi connectivity index (χ1) is 9.72. The van der Waals surface area contributed by atoms with Crippen molar-refractivity contribution in [2.75, 3.05) is 19.0 Å². The molecule has 1 heterocycles. The molecule has 1 N–H and O–H groups in total. The highest BCUT2D eigenvalue weighted by atomic mass is 35.5. The van der Waals surface area contributed by atoms with Gasteiger partial charge in [0.05, 0.1) is 0 Å². The predicted octanol–water partition coefficient (Wildman–Crippen LogP) is 3.93. The van der Waals surface area contributed by atoms with Crippen molar-refractivity contribution in [1.82, 2.24) is 5.32 Å². The first kappa shape index (κ1) is 15.7. The maximum Gasteiger partial charge on any atom is 0.123 e. The van der Waals surface area contributed by atoms with Crippen LogP contribution in [0.3, 0.4) is 0 Å². The van der Waals surface area contributed by atoms with E-state index in [0.717, 1.165) is 37.6 Å². The summed E-state index contributed by atoms with van der Waals surface area (Å²) in [5, 5.41) is 3.56. The molecule has 112 valence electrons. The van der Waals surface area contributed by atoms with Gasteiger partial charge >= 0.3 is 0 Å². The Kier molecular flexibility index (Phi) is 6.18. The Morgan fingerprint density at radius 1 is 1.40 bits per heavy atom. The fourth-order valence-electron chi connectivity index (χ4n) is 2.92. The monoisotopic (exact) mass is 295 g/mol. The molecule has 20 heavy (non-hydrogen) atoms. The summed E-state index contributed by atoms with van der Waals surface area (Å²) in [6, 6.07) is 6.45. The highest BCUT2D eigenvalue weighted by Crippen LogP contribution is 2.29. The minimum atomic E-state index is 0.282. The van der Waals surface area contributed by atoms with Crippen LogP contribution in [0.25, 0.3) is 0 Å². The van der Waals surface area contributed by atoms with Crippen LogP contribution in [0.2, 0.25) is 0 Å². The zero-order valence-corrected chi connectivity index (χ0v) is 13.4. The third-order valence-electron chi connectivity index (χ3n) is 3.98. The number of rotatable bonds is 8. The van der Waals surface area contributed by atoms with Gasteiger partial charge in [-0.05, 0) is 43.9 Å². The van der Waals surface area contributed by atoms with Crippen molar-refractivity contribution < 1.29 is 4.74 Å². The molecule has 0 radical (unpaired) electrons. The fraction of sp³-hybridized carbons (Fsp3) is 0.647. The second-order valence-corrected chi connectivity index (χ2v) is 6.22. The first-order valence-corrected chi connectivity index (χ1v) is 8.29. The highest BCUT2D eigenvalue weighted by Gasteiger charge is 2.22. The van der Waals surface area contributed by atoms with Crippen molar-refractivity contribution >= 4 is 11.6 Å². The number of ether oxygens (including phenoxy) is 1. The van der Waals surface area contributed by atoms with Crippen molar-refractivity contribution in [3.05, 3.63) is 29.3 Å². The smallest absolute Gasteiger partial charge is 0.123 e. The van der Waals surface area contributed by atoms with Crippen LogP contribution in [0.5, 0.6) is 5.75 Å². The summed E-state index contributed by atoms with van der Waals surface area (Å²) in [4.78, 5) is 0. The number of halogens is 1. The zero-order chi connectivity index (χ0) is 14.4. The van der Waals surface area contributed by atoms with Crippen molar-refractivity contribution in [3.8, 4) is 5.75 Å². The topological polar surface area (TPSA) is 21.3 Å². The summed E-state index contributed by atoms with van der Waals surface area (Å²) in [6.07, 6.45) is 4.90. The number of benzene rings is 1. The minimum absolute atomic E-state index is 0.282. The number of hydrogen-bond donors (Lipinski definition) is 1. The third kappa shape index (κ3) is 4.39. The zero-order valence-electron chi connectivity index (χ0n) is 12.6. The van der Waals surface area contributed by atoms with Gasteiger partial charge in [0.1, 0.15) is 11.9 Å². The van der Waals surface area contributed by atoms with Gasteiger partial charge in [0.25, 0.3) is 0 Å². The van der Waals surface area contributed by atoms with Crippen LogP contribution in [-0.2, 0) is 6.42 Å². The Bertz CT molecular complexity index is 415. The normalized spacial score (nSPS) is 18.6. The largest absolute Gasteiger partial charge is 0.488 e. The summed E-state index contributed by atoms with van der Waals surface area (Å²) in [5.74, 6) is 2.52. The second kappa shape index (κ2) is 7.90. The molecule has 2 unspecified atom stereocenters. The quantitative estimate of drug-likeness (QED) is 0.734. The number of fused-ring (bicyclic) bond motifs is 1. The minimum Gasteiger partial charge on any atom is -0.488 e. The van der Waals surface area contributed by atoms with Crippen molar-refractivity contribution in [2.45, 2.75) is 45.6 Å². The lowest BCUT2D eigenvalue weighted by atomic mass is 10.0. The van der Waals surface area contributed by atoms with Gasteiger partial charge in [0.2, 0.25) is 0 Å². The molecular weight excluding hydrogens is 270 g/mol. The number of aryl methyl sites for hydroxylation is 1. The van der Waals surface area contributed by atoms with Crippen molar-refractivity contribution in [3.63, 3.8) is 0 Å². The molecule has 0 aromatic heterocycles. The number of alkyl halides is 1. The molecule has 2 nitrogen and oxygen atoms in total. The van der Waals surface area contributed by atoms with E-state index in [1.165, 1.54) is 24.0 Å². The molecule has 2 rings (SSSR count). The van der Waals surface area contributed by atoms with Gasteiger partial charge in [-0.2, -0.15) is 0 Å².